The van der Waals surface area contributed by atoms with Crippen LogP contribution in [0.4, 0.5) is 0 Å². The zero-order chi connectivity index (χ0) is 14.3. The molecule has 1 unspecified atom stereocenters. The first-order chi connectivity index (χ1) is 8.83. The first-order valence-corrected chi connectivity index (χ1v) is 10.5. The van der Waals surface area contributed by atoms with E-state index in [9.17, 15) is 5.26 Å². The number of hydrogen-bond acceptors (Lipinski definition) is 2. The van der Waals surface area contributed by atoms with E-state index in [1.807, 2.05) is 0 Å². The highest BCUT2D eigenvalue weighted by atomic mass is 28.4. The molecule has 3 heteroatoms. The van der Waals surface area contributed by atoms with Crippen molar-refractivity contribution in [3.63, 3.8) is 0 Å². The highest BCUT2D eigenvalue weighted by Crippen LogP contribution is 2.43. The van der Waals surface area contributed by atoms with Crippen molar-refractivity contribution >= 4 is 8.32 Å². The van der Waals surface area contributed by atoms with Crippen molar-refractivity contribution in [3.8, 4) is 6.07 Å². The van der Waals surface area contributed by atoms with E-state index in [-0.39, 0.29) is 0 Å². The molecule has 0 saturated carbocycles. The molecule has 2 rings (SSSR count). The van der Waals surface area contributed by atoms with Gasteiger partial charge in [0.2, 0.25) is 0 Å². The fraction of sp³-hybridized carbons (Fsp3) is 0.562. The maximum Gasteiger partial charge on any atom is 0.186 e. The predicted molar refractivity (Wildman–Crippen MR) is 80.6 cm³/mol. The third-order valence-corrected chi connectivity index (χ3v) is 4.80. The van der Waals surface area contributed by atoms with E-state index in [0.29, 0.717) is 0 Å². The van der Waals surface area contributed by atoms with Gasteiger partial charge in [0.15, 0.2) is 13.9 Å². The summed E-state index contributed by atoms with van der Waals surface area (Å²) in [4.78, 5) is 0. The van der Waals surface area contributed by atoms with Gasteiger partial charge in [-0.3, -0.25) is 0 Å². The van der Waals surface area contributed by atoms with E-state index in [0.717, 1.165) is 24.8 Å². The van der Waals surface area contributed by atoms with Crippen LogP contribution in [0, 0.1) is 18.3 Å². The molecule has 0 radical (unpaired) electrons. The van der Waals surface area contributed by atoms with E-state index in [1.165, 1.54) is 16.7 Å². The highest BCUT2D eigenvalue weighted by molar-refractivity contribution is 6.69. The molecule has 0 saturated heterocycles. The van der Waals surface area contributed by atoms with Gasteiger partial charge in [0, 0.05) is 5.56 Å². The molecule has 0 heterocycles. The molecule has 0 fully saturated rings. The minimum Gasteiger partial charge on any atom is -0.396 e. The first-order valence-electron chi connectivity index (χ1n) is 7.06. The summed E-state index contributed by atoms with van der Waals surface area (Å²) in [5.74, 6) is 0. The Labute approximate surface area is 117 Å². The summed E-state index contributed by atoms with van der Waals surface area (Å²) < 4.78 is 6.28. The van der Waals surface area contributed by atoms with Crippen molar-refractivity contribution in [2.45, 2.75) is 58.4 Å². The van der Waals surface area contributed by atoms with Gasteiger partial charge in [-0.2, -0.15) is 5.26 Å². The van der Waals surface area contributed by atoms with Crippen LogP contribution >= 0.6 is 0 Å². The molecule has 0 spiro atoms. The van der Waals surface area contributed by atoms with Gasteiger partial charge in [0.05, 0.1) is 0 Å². The molecule has 0 aromatic heterocycles. The molecule has 1 aliphatic rings. The van der Waals surface area contributed by atoms with Crippen LogP contribution in [-0.4, -0.2) is 8.32 Å². The lowest BCUT2D eigenvalue weighted by atomic mass is 9.92. The normalized spacial score (nSPS) is 22.1. The number of hydrogen-bond donors (Lipinski definition) is 0. The Morgan fingerprint density at radius 1 is 1.37 bits per heavy atom. The lowest BCUT2D eigenvalue weighted by Gasteiger charge is -2.31. The van der Waals surface area contributed by atoms with Gasteiger partial charge in [-0.15, -0.1) is 0 Å². The van der Waals surface area contributed by atoms with Crippen LogP contribution in [0.25, 0.3) is 0 Å². The number of aryl methyl sites for hydroxylation is 1. The highest BCUT2D eigenvalue weighted by Gasteiger charge is 2.44. The third-order valence-electron chi connectivity index (χ3n) is 3.84. The third kappa shape index (κ3) is 2.47. The minimum atomic E-state index is -1.75. The fourth-order valence-electron chi connectivity index (χ4n) is 3.17. The van der Waals surface area contributed by atoms with Crippen molar-refractivity contribution in [1.82, 2.24) is 0 Å². The second-order valence-corrected chi connectivity index (χ2v) is 10.8. The maximum absolute atomic E-state index is 9.71. The van der Waals surface area contributed by atoms with Crippen LogP contribution in [0.2, 0.25) is 19.6 Å². The van der Waals surface area contributed by atoms with Crippen LogP contribution in [0.15, 0.2) is 12.1 Å². The topological polar surface area (TPSA) is 33.0 Å². The van der Waals surface area contributed by atoms with E-state index in [4.69, 9.17) is 4.43 Å². The molecule has 0 amide bonds. The van der Waals surface area contributed by atoms with Crippen molar-refractivity contribution in [3.05, 3.63) is 34.4 Å². The largest absolute Gasteiger partial charge is 0.396 e. The molecule has 0 aliphatic heterocycles. The Kier molecular flexibility index (Phi) is 3.59. The molecule has 0 bridgehead atoms. The van der Waals surface area contributed by atoms with Gasteiger partial charge in [-0.05, 0) is 62.5 Å². The standard InChI is InChI=1S/C16H23NOSi/c1-6-13-12(2)7-8-15-14(13)9-10-16(15,11-17)18-19(3,4)5/h7-8H,6,9-10H2,1-5H3. The smallest absolute Gasteiger partial charge is 0.186 e. The van der Waals surface area contributed by atoms with Crippen molar-refractivity contribution in [1.29, 1.82) is 5.26 Å². The van der Waals surface area contributed by atoms with Gasteiger partial charge >= 0.3 is 0 Å². The molecule has 1 aromatic carbocycles. The lowest BCUT2D eigenvalue weighted by molar-refractivity contribution is 0.121. The molecular weight excluding hydrogens is 250 g/mol. The molecular formula is C16H23NOSi. The summed E-state index contributed by atoms with van der Waals surface area (Å²) in [6.45, 7) is 10.8. The number of rotatable bonds is 3. The SMILES string of the molecule is CCc1c(C)ccc2c1CCC2(C#N)O[Si](C)(C)C. The Morgan fingerprint density at radius 3 is 2.58 bits per heavy atom. The summed E-state index contributed by atoms with van der Waals surface area (Å²) in [6, 6.07) is 6.73. The van der Waals surface area contributed by atoms with Gasteiger partial charge in [-0.25, -0.2) is 0 Å². The molecule has 0 N–H and O–H groups in total. The van der Waals surface area contributed by atoms with Crippen LogP contribution in [-0.2, 0) is 22.9 Å². The van der Waals surface area contributed by atoms with E-state index in [2.05, 4.69) is 51.7 Å². The van der Waals surface area contributed by atoms with Crippen LogP contribution < -0.4 is 0 Å². The quantitative estimate of drug-likeness (QED) is 0.778. The number of benzene rings is 1. The summed E-state index contributed by atoms with van der Waals surface area (Å²) in [5.41, 5.74) is 4.54. The molecule has 102 valence electrons. The Balaban J connectivity index is 2.55. The summed E-state index contributed by atoms with van der Waals surface area (Å²) in [6.07, 6.45) is 2.81. The van der Waals surface area contributed by atoms with Crippen LogP contribution in [0.3, 0.4) is 0 Å². The lowest BCUT2D eigenvalue weighted by Crippen LogP contribution is -2.38. The van der Waals surface area contributed by atoms with Crippen molar-refractivity contribution in [2.75, 3.05) is 0 Å². The monoisotopic (exact) mass is 273 g/mol. The zero-order valence-corrected chi connectivity index (χ0v) is 13.6. The molecule has 1 aromatic rings. The fourth-order valence-corrected chi connectivity index (χ4v) is 4.47. The minimum absolute atomic E-state index is 0.697. The van der Waals surface area contributed by atoms with Gasteiger partial charge < -0.3 is 4.43 Å². The second-order valence-electron chi connectivity index (χ2n) is 6.39. The summed E-state index contributed by atoms with van der Waals surface area (Å²) >= 11 is 0. The number of nitriles is 1. The number of nitrogens with zero attached hydrogens (tertiary/aromatic N) is 1. The van der Waals surface area contributed by atoms with Crippen LogP contribution in [0.1, 0.15) is 35.6 Å². The van der Waals surface area contributed by atoms with E-state index in [1.54, 1.807) is 0 Å². The molecule has 19 heavy (non-hydrogen) atoms. The Morgan fingerprint density at radius 2 is 2.05 bits per heavy atom. The second kappa shape index (κ2) is 4.77. The average molecular weight is 273 g/mol. The first kappa shape index (κ1) is 14.3. The Bertz CT molecular complexity index is 539. The van der Waals surface area contributed by atoms with E-state index < -0.39 is 13.9 Å². The predicted octanol–water partition coefficient (Wildman–Crippen LogP) is 4.07. The van der Waals surface area contributed by atoms with Gasteiger partial charge in [0.25, 0.3) is 0 Å². The zero-order valence-electron chi connectivity index (χ0n) is 12.6. The molecule has 1 aliphatic carbocycles. The molecule has 1 atom stereocenters. The molecule has 2 nitrogen and oxygen atoms in total. The van der Waals surface area contributed by atoms with Crippen molar-refractivity contribution < 1.29 is 4.43 Å². The average Bonchev–Trinajstić information content (AvgIpc) is 2.66. The van der Waals surface area contributed by atoms with Crippen molar-refractivity contribution in [2.24, 2.45) is 0 Å². The van der Waals surface area contributed by atoms with Gasteiger partial charge in [0.1, 0.15) is 6.07 Å². The summed E-state index contributed by atoms with van der Waals surface area (Å²) in [5, 5.41) is 9.71. The number of fused-ring (bicyclic) bond motifs is 1. The Hall–Kier alpha value is -1.11. The van der Waals surface area contributed by atoms with E-state index >= 15 is 0 Å². The van der Waals surface area contributed by atoms with Gasteiger partial charge in [-0.1, -0.05) is 19.1 Å². The maximum atomic E-state index is 9.71. The summed E-state index contributed by atoms with van der Waals surface area (Å²) in [7, 11) is -1.75. The van der Waals surface area contributed by atoms with Crippen LogP contribution in [0.5, 0.6) is 0 Å².